The molecule has 1 rings (SSSR count). The van der Waals surface area contributed by atoms with Crippen LogP contribution in [0.1, 0.15) is 11.6 Å². The van der Waals surface area contributed by atoms with Crippen molar-refractivity contribution in [3.63, 3.8) is 0 Å². The molecule has 1 aromatic carbocycles. The maximum absolute atomic E-state index is 12.2. The summed E-state index contributed by atoms with van der Waals surface area (Å²) in [5.74, 6) is 0.231. The van der Waals surface area contributed by atoms with E-state index in [9.17, 15) is 33.7 Å². The minimum absolute atomic E-state index is 0.0208. The molecule has 0 radical (unpaired) electrons. The molecular formula is C13H22N2O9S4. The predicted octanol–water partition coefficient (Wildman–Crippen LogP) is -0.821. The first-order valence-corrected chi connectivity index (χ1v) is 14.8. The van der Waals surface area contributed by atoms with Crippen molar-refractivity contribution in [3.05, 3.63) is 29.8 Å². The van der Waals surface area contributed by atoms with Crippen molar-refractivity contribution in [2.24, 2.45) is 0 Å². The number of nitrogens with zero attached hydrogens (tertiary/aromatic N) is 2. The van der Waals surface area contributed by atoms with Gasteiger partial charge in [0, 0.05) is 0 Å². The van der Waals surface area contributed by atoms with Crippen LogP contribution in [0.2, 0.25) is 0 Å². The minimum atomic E-state index is -4.44. The lowest BCUT2D eigenvalue weighted by Crippen LogP contribution is -2.46. The van der Waals surface area contributed by atoms with Crippen molar-refractivity contribution in [1.82, 2.24) is 7.42 Å². The van der Waals surface area contributed by atoms with Crippen molar-refractivity contribution in [2.45, 2.75) is 6.04 Å². The molecule has 0 saturated carbocycles. The second kappa shape index (κ2) is 8.23. The normalized spacial score (nSPS) is 15.0. The molecule has 0 aromatic heterocycles. The number of hydrogen-bond acceptors (Lipinski definition) is 9. The molecule has 0 aliphatic heterocycles. The number of sulfonamides is 4. The Morgan fingerprint density at radius 3 is 1.64 bits per heavy atom. The fourth-order valence-corrected chi connectivity index (χ4v) is 8.57. The Morgan fingerprint density at radius 2 is 1.29 bits per heavy atom. The molecule has 1 atom stereocenters. The molecule has 15 heteroatoms. The van der Waals surface area contributed by atoms with Gasteiger partial charge in [0.25, 0.3) is 0 Å². The zero-order valence-electron chi connectivity index (χ0n) is 15.8. The quantitative estimate of drug-likeness (QED) is 0.443. The first-order chi connectivity index (χ1) is 12.4. The summed E-state index contributed by atoms with van der Waals surface area (Å²) in [5, 5.41) is 0. The van der Waals surface area contributed by atoms with Crippen LogP contribution in [0.15, 0.2) is 24.3 Å². The second-order valence-electron chi connectivity index (χ2n) is 6.03. The Balaban J connectivity index is 3.82. The fourth-order valence-electron chi connectivity index (χ4n) is 2.51. The van der Waals surface area contributed by atoms with Crippen molar-refractivity contribution in [3.8, 4) is 5.75 Å². The first kappa shape index (κ1) is 24.8. The predicted molar refractivity (Wildman–Crippen MR) is 104 cm³/mol. The summed E-state index contributed by atoms with van der Waals surface area (Å²) in [6.07, 6.45) is 2.46. The van der Waals surface area contributed by atoms with Crippen LogP contribution in [0.4, 0.5) is 0 Å². The second-order valence-corrected chi connectivity index (χ2v) is 14.0. The Bertz CT molecular complexity index is 1080. The third-order valence-electron chi connectivity index (χ3n) is 3.45. The molecule has 0 fully saturated rings. The van der Waals surface area contributed by atoms with Crippen LogP contribution in [-0.4, -0.2) is 79.8 Å². The topological polar surface area (TPSA) is 152 Å². The maximum atomic E-state index is 12.2. The summed E-state index contributed by atoms with van der Waals surface area (Å²) in [7, 11) is -16.3. The largest absolute Gasteiger partial charge is 0.497 e. The standard InChI is InChI=1S/C13H22N2O9S4/c1-24-12-8-6-7-11(9-12)13(15(27(4,20)21)28(5,22)23)10-14(25(2,16)17)26(3,18)19/h6-9,13H,10H2,1-5H3/t13-/m1/s1. The van der Waals surface area contributed by atoms with Gasteiger partial charge >= 0.3 is 0 Å². The number of ether oxygens (including phenoxy) is 1. The number of methoxy groups -OCH3 is 1. The Morgan fingerprint density at radius 1 is 0.821 bits per heavy atom. The average Bonchev–Trinajstić information content (AvgIpc) is 2.46. The Hall–Kier alpha value is -1.26. The lowest BCUT2D eigenvalue weighted by molar-refractivity contribution is 0.384. The van der Waals surface area contributed by atoms with Crippen molar-refractivity contribution >= 4 is 40.1 Å². The molecular weight excluding hydrogens is 456 g/mol. The molecule has 0 bridgehead atoms. The summed E-state index contributed by atoms with van der Waals surface area (Å²) < 4.78 is 102. The zero-order valence-corrected chi connectivity index (χ0v) is 19.1. The summed E-state index contributed by atoms with van der Waals surface area (Å²) in [6, 6.07) is 3.85. The summed E-state index contributed by atoms with van der Waals surface area (Å²) in [4.78, 5) is 0. The van der Waals surface area contributed by atoms with Gasteiger partial charge in [0.15, 0.2) is 0 Å². The van der Waals surface area contributed by atoms with E-state index in [1.807, 2.05) is 0 Å². The monoisotopic (exact) mass is 478 g/mol. The van der Waals surface area contributed by atoms with Crippen LogP contribution in [-0.2, 0) is 40.1 Å². The van der Waals surface area contributed by atoms with Crippen molar-refractivity contribution in [1.29, 1.82) is 0 Å². The highest BCUT2D eigenvalue weighted by Crippen LogP contribution is 2.30. The van der Waals surface area contributed by atoms with Crippen LogP contribution in [0, 0.1) is 0 Å². The highest BCUT2D eigenvalue weighted by atomic mass is 32.3. The van der Waals surface area contributed by atoms with Gasteiger partial charge in [-0.15, -0.1) is 0 Å². The van der Waals surface area contributed by atoms with Crippen LogP contribution in [0.3, 0.4) is 0 Å². The lowest BCUT2D eigenvalue weighted by atomic mass is 10.1. The van der Waals surface area contributed by atoms with Gasteiger partial charge in [-0.1, -0.05) is 19.6 Å². The lowest BCUT2D eigenvalue weighted by Gasteiger charge is -2.31. The molecule has 162 valence electrons. The van der Waals surface area contributed by atoms with Crippen molar-refractivity contribution in [2.75, 3.05) is 38.7 Å². The van der Waals surface area contributed by atoms with Gasteiger partial charge in [0.1, 0.15) is 5.75 Å². The molecule has 0 spiro atoms. The molecule has 0 aliphatic carbocycles. The van der Waals surface area contributed by atoms with Gasteiger partial charge in [-0.25, -0.2) is 33.7 Å². The maximum Gasteiger partial charge on any atom is 0.224 e. The molecule has 0 aliphatic rings. The van der Waals surface area contributed by atoms with Crippen LogP contribution < -0.4 is 4.74 Å². The summed E-state index contributed by atoms with van der Waals surface area (Å²) >= 11 is 0. The smallest absolute Gasteiger partial charge is 0.224 e. The molecule has 0 heterocycles. The molecule has 28 heavy (non-hydrogen) atoms. The Labute approximate surface area is 166 Å². The van der Waals surface area contributed by atoms with Crippen LogP contribution in [0.5, 0.6) is 5.75 Å². The van der Waals surface area contributed by atoms with Gasteiger partial charge in [0.2, 0.25) is 40.1 Å². The molecule has 0 unspecified atom stereocenters. The van der Waals surface area contributed by atoms with E-state index in [1.54, 1.807) is 0 Å². The SMILES string of the molecule is COc1cccc([C@@H](CN(S(C)(=O)=O)S(C)(=O)=O)N(S(C)(=O)=O)S(C)(=O)=O)c1. The Kier molecular flexibility index (Phi) is 7.29. The number of benzene rings is 1. The molecule has 0 amide bonds. The third kappa shape index (κ3) is 6.38. The van der Waals surface area contributed by atoms with Crippen LogP contribution in [0.25, 0.3) is 0 Å². The highest BCUT2D eigenvalue weighted by Gasteiger charge is 2.41. The van der Waals surface area contributed by atoms with E-state index in [2.05, 4.69) is 0 Å². The highest BCUT2D eigenvalue weighted by molar-refractivity contribution is 8.04. The van der Waals surface area contributed by atoms with E-state index in [0.717, 1.165) is 0 Å². The van der Waals surface area contributed by atoms with Crippen LogP contribution >= 0.6 is 0 Å². The minimum Gasteiger partial charge on any atom is -0.497 e. The van der Waals surface area contributed by atoms with Gasteiger partial charge in [-0.05, 0) is 17.7 Å². The molecule has 0 N–H and O–H groups in total. The molecule has 11 nitrogen and oxygen atoms in total. The van der Waals surface area contributed by atoms with Gasteiger partial charge in [-0.3, -0.25) is 0 Å². The third-order valence-corrected chi connectivity index (χ3v) is 10.3. The van der Waals surface area contributed by atoms with Gasteiger partial charge in [0.05, 0.1) is 44.7 Å². The van der Waals surface area contributed by atoms with E-state index in [-0.39, 0.29) is 18.7 Å². The number of rotatable bonds is 9. The van der Waals surface area contributed by atoms with E-state index < -0.39 is 52.7 Å². The average molecular weight is 479 g/mol. The van der Waals surface area contributed by atoms with E-state index in [0.29, 0.717) is 25.0 Å². The zero-order chi connectivity index (χ0) is 22.1. The summed E-state index contributed by atoms with van der Waals surface area (Å²) in [6.45, 7) is -0.981. The fraction of sp³-hybridized carbons (Fsp3) is 0.538. The molecule has 1 aromatic rings. The van der Waals surface area contributed by atoms with Gasteiger partial charge < -0.3 is 4.74 Å². The number of hydrogen-bond donors (Lipinski definition) is 0. The van der Waals surface area contributed by atoms with E-state index in [4.69, 9.17) is 4.74 Å². The van der Waals surface area contributed by atoms with E-state index in [1.165, 1.54) is 31.4 Å². The van der Waals surface area contributed by atoms with Gasteiger partial charge in [-0.2, -0.15) is 0 Å². The molecule has 0 saturated heterocycles. The summed E-state index contributed by atoms with van der Waals surface area (Å²) in [5.41, 5.74) is 0.0208. The van der Waals surface area contributed by atoms with Crippen molar-refractivity contribution < 1.29 is 38.4 Å². The first-order valence-electron chi connectivity index (χ1n) is 7.40. The van der Waals surface area contributed by atoms with E-state index >= 15 is 0 Å².